The summed E-state index contributed by atoms with van der Waals surface area (Å²) in [4.78, 5) is 12.2. The molecule has 3 aromatic rings. The number of aromatic nitrogens is 2. The Kier molecular flexibility index (Phi) is 5.30. The predicted molar refractivity (Wildman–Crippen MR) is 101 cm³/mol. The van der Waals surface area contributed by atoms with Gasteiger partial charge in [0.25, 0.3) is 5.91 Å². The molecule has 1 aromatic heterocycles. The van der Waals surface area contributed by atoms with Crippen molar-refractivity contribution in [3.63, 3.8) is 0 Å². The zero-order valence-electron chi connectivity index (χ0n) is 13.4. The third-order valence-electron chi connectivity index (χ3n) is 3.39. The number of benzene rings is 2. The summed E-state index contributed by atoms with van der Waals surface area (Å²) >= 11 is 4.61. The van der Waals surface area contributed by atoms with Crippen LogP contribution in [0.3, 0.4) is 0 Å². The van der Waals surface area contributed by atoms with Gasteiger partial charge in [-0.2, -0.15) is 0 Å². The maximum atomic E-state index is 12.2. The van der Waals surface area contributed by atoms with Gasteiger partial charge in [-0.15, -0.1) is 10.2 Å². The highest BCUT2D eigenvalue weighted by Crippen LogP contribution is 2.36. The van der Waals surface area contributed by atoms with Crippen LogP contribution in [0.1, 0.15) is 10.4 Å². The highest BCUT2D eigenvalue weighted by Gasteiger charge is 2.15. The smallest absolute Gasteiger partial charge is 0.257 e. The number of methoxy groups -OCH3 is 2. The van der Waals surface area contributed by atoms with Crippen LogP contribution < -0.4 is 14.8 Å². The number of anilines is 1. The molecule has 128 valence electrons. The number of amides is 1. The lowest BCUT2D eigenvalue weighted by Gasteiger charge is -2.07. The molecule has 3 rings (SSSR count). The maximum absolute atomic E-state index is 12.2. The minimum absolute atomic E-state index is 0.239. The molecule has 0 saturated heterocycles. The summed E-state index contributed by atoms with van der Waals surface area (Å²) in [5.74, 6) is 1.08. The number of carbonyl (C=O) groups excluding carboxylic acids is 1. The van der Waals surface area contributed by atoms with Gasteiger partial charge < -0.3 is 9.47 Å². The molecule has 0 radical (unpaired) electrons. The number of rotatable bonds is 5. The molecule has 0 fully saturated rings. The zero-order chi connectivity index (χ0) is 17.8. The van der Waals surface area contributed by atoms with Crippen molar-refractivity contribution >= 4 is 38.3 Å². The molecule has 6 nitrogen and oxygen atoms in total. The Balaban J connectivity index is 1.81. The van der Waals surface area contributed by atoms with E-state index in [1.54, 1.807) is 32.4 Å². The molecule has 0 unspecified atom stereocenters. The van der Waals surface area contributed by atoms with Gasteiger partial charge in [0.15, 0.2) is 5.01 Å². The summed E-state index contributed by atoms with van der Waals surface area (Å²) in [7, 11) is 3.17. The van der Waals surface area contributed by atoms with Gasteiger partial charge in [0, 0.05) is 16.1 Å². The molecule has 0 aliphatic heterocycles. The van der Waals surface area contributed by atoms with E-state index in [0.717, 1.165) is 10.0 Å². The van der Waals surface area contributed by atoms with E-state index in [-0.39, 0.29) is 5.91 Å². The van der Waals surface area contributed by atoms with Crippen molar-refractivity contribution in [2.24, 2.45) is 0 Å². The first-order valence-corrected chi connectivity index (χ1v) is 8.84. The van der Waals surface area contributed by atoms with E-state index in [9.17, 15) is 4.79 Å². The number of nitrogens with zero attached hydrogens (tertiary/aromatic N) is 2. The van der Waals surface area contributed by atoms with Crippen molar-refractivity contribution < 1.29 is 14.3 Å². The Bertz CT molecular complexity index is 896. The van der Waals surface area contributed by atoms with Crippen LogP contribution in [0.4, 0.5) is 5.13 Å². The first-order chi connectivity index (χ1) is 12.1. The zero-order valence-corrected chi connectivity index (χ0v) is 15.8. The van der Waals surface area contributed by atoms with Crippen LogP contribution in [-0.4, -0.2) is 30.3 Å². The van der Waals surface area contributed by atoms with Crippen molar-refractivity contribution in [1.82, 2.24) is 10.2 Å². The minimum atomic E-state index is -0.239. The average molecular weight is 420 g/mol. The van der Waals surface area contributed by atoms with E-state index in [4.69, 9.17) is 9.47 Å². The highest BCUT2D eigenvalue weighted by atomic mass is 79.9. The number of carbonyl (C=O) groups is 1. The summed E-state index contributed by atoms with van der Waals surface area (Å²) in [6.45, 7) is 0. The number of hydrogen-bond acceptors (Lipinski definition) is 6. The van der Waals surface area contributed by atoms with Crippen molar-refractivity contribution in [3.05, 3.63) is 52.5 Å². The molecule has 0 aliphatic carbocycles. The lowest BCUT2D eigenvalue weighted by molar-refractivity contribution is 0.102. The molecular formula is C17H14BrN3O3S. The average Bonchev–Trinajstić information content (AvgIpc) is 3.09. The van der Waals surface area contributed by atoms with Gasteiger partial charge in [0.1, 0.15) is 11.5 Å². The standard InChI is InChI=1S/C17H14BrN3O3S/c1-23-12-7-8-13(14(9-12)24-2)16-20-21-17(25-16)19-15(22)10-3-5-11(18)6-4-10/h3-9H,1-2H3,(H,19,21,22). The van der Waals surface area contributed by atoms with Crippen molar-refractivity contribution in [2.45, 2.75) is 0 Å². The van der Waals surface area contributed by atoms with Gasteiger partial charge in [-0.05, 0) is 36.4 Å². The monoisotopic (exact) mass is 419 g/mol. The molecule has 0 spiro atoms. The molecule has 0 aliphatic rings. The number of nitrogens with one attached hydrogen (secondary N) is 1. The Labute approximate surface area is 156 Å². The van der Waals surface area contributed by atoms with E-state index in [0.29, 0.717) is 27.2 Å². The van der Waals surface area contributed by atoms with Crippen LogP contribution in [0.5, 0.6) is 11.5 Å². The predicted octanol–water partition coefficient (Wildman–Crippen LogP) is 4.24. The number of ether oxygens (including phenoxy) is 2. The summed E-state index contributed by atoms with van der Waals surface area (Å²) in [5.41, 5.74) is 1.33. The van der Waals surface area contributed by atoms with Crippen molar-refractivity contribution in [2.75, 3.05) is 19.5 Å². The van der Waals surface area contributed by atoms with Gasteiger partial charge in [-0.3, -0.25) is 10.1 Å². The van der Waals surface area contributed by atoms with E-state index in [1.807, 2.05) is 24.3 Å². The van der Waals surface area contributed by atoms with Gasteiger partial charge >= 0.3 is 0 Å². The molecule has 1 N–H and O–H groups in total. The second-order valence-electron chi connectivity index (χ2n) is 4.94. The fourth-order valence-corrected chi connectivity index (χ4v) is 3.16. The van der Waals surface area contributed by atoms with Crippen LogP contribution in [0, 0.1) is 0 Å². The lowest BCUT2D eigenvalue weighted by Crippen LogP contribution is -2.11. The third-order valence-corrected chi connectivity index (χ3v) is 4.79. The second kappa shape index (κ2) is 7.62. The van der Waals surface area contributed by atoms with Crippen LogP contribution in [0.2, 0.25) is 0 Å². The lowest BCUT2D eigenvalue weighted by atomic mass is 10.2. The summed E-state index contributed by atoms with van der Waals surface area (Å²) in [6, 6.07) is 12.5. The Hall–Kier alpha value is -2.45. The fourth-order valence-electron chi connectivity index (χ4n) is 2.13. The molecule has 25 heavy (non-hydrogen) atoms. The molecule has 1 amide bonds. The number of halogens is 1. The van der Waals surface area contributed by atoms with Crippen LogP contribution in [0.15, 0.2) is 46.9 Å². The molecule has 0 saturated carbocycles. The third kappa shape index (κ3) is 3.97. The van der Waals surface area contributed by atoms with E-state index < -0.39 is 0 Å². The van der Waals surface area contributed by atoms with Gasteiger partial charge in [0.2, 0.25) is 5.13 Å². The molecular weight excluding hydrogens is 406 g/mol. The molecule has 2 aromatic carbocycles. The van der Waals surface area contributed by atoms with Crippen molar-refractivity contribution in [3.8, 4) is 22.1 Å². The fraction of sp³-hybridized carbons (Fsp3) is 0.118. The quantitative estimate of drug-likeness (QED) is 0.669. The maximum Gasteiger partial charge on any atom is 0.257 e. The highest BCUT2D eigenvalue weighted by molar-refractivity contribution is 9.10. The normalized spacial score (nSPS) is 10.4. The van der Waals surface area contributed by atoms with Crippen LogP contribution >= 0.6 is 27.3 Å². The van der Waals surface area contributed by atoms with E-state index in [2.05, 4.69) is 31.4 Å². The SMILES string of the molecule is COc1ccc(-c2nnc(NC(=O)c3ccc(Br)cc3)s2)c(OC)c1. The summed E-state index contributed by atoms with van der Waals surface area (Å²) in [6.07, 6.45) is 0. The summed E-state index contributed by atoms with van der Waals surface area (Å²) < 4.78 is 11.5. The number of hydrogen-bond donors (Lipinski definition) is 1. The largest absolute Gasteiger partial charge is 0.497 e. The Morgan fingerprint density at radius 1 is 1.08 bits per heavy atom. The molecule has 8 heteroatoms. The summed E-state index contributed by atoms with van der Waals surface area (Å²) in [5, 5.41) is 12.0. The van der Waals surface area contributed by atoms with Crippen LogP contribution in [0.25, 0.3) is 10.6 Å². The van der Waals surface area contributed by atoms with Crippen LogP contribution in [-0.2, 0) is 0 Å². The minimum Gasteiger partial charge on any atom is -0.497 e. The van der Waals surface area contributed by atoms with Gasteiger partial charge in [-0.25, -0.2) is 0 Å². The Morgan fingerprint density at radius 3 is 2.52 bits per heavy atom. The molecule has 1 heterocycles. The molecule has 0 atom stereocenters. The first-order valence-electron chi connectivity index (χ1n) is 7.23. The van der Waals surface area contributed by atoms with E-state index >= 15 is 0 Å². The first kappa shape index (κ1) is 17.4. The second-order valence-corrected chi connectivity index (χ2v) is 6.83. The molecule has 0 bridgehead atoms. The van der Waals surface area contributed by atoms with Crippen molar-refractivity contribution in [1.29, 1.82) is 0 Å². The van der Waals surface area contributed by atoms with Gasteiger partial charge in [-0.1, -0.05) is 27.3 Å². The topological polar surface area (TPSA) is 73.3 Å². The van der Waals surface area contributed by atoms with Gasteiger partial charge in [0.05, 0.1) is 19.8 Å². The Morgan fingerprint density at radius 2 is 1.84 bits per heavy atom. The van der Waals surface area contributed by atoms with E-state index in [1.165, 1.54) is 11.3 Å².